The number of hydrogen-bond donors (Lipinski definition) is 2. The predicted molar refractivity (Wildman–Crippen MR) is 79.6 cm³/mol. The van der Waals surface area contributed by atoms with Gasteiger partial charge in [-0.25, -0.2) is 0 Å². The Kier molecular flexibility index (Phi) is 7.18. The first-order valence-corrected chi connectivity index (χ1v) is 7.17. The van der Waals surface area contributed by atoms with Gasteiger partial charge in [0.05, 0.1) is 4.92 Å². The minimum absolute atomic E-state index is 0.0744. The Morgan fingerprint density at radius 3 is 2.65 bits per heavy atom. The second kappa shape index (κ2) is 8.66. The van der Waals surface area contributed by atoms with Gasteiger partial charge in [0.15, 0.2) is 0 Å². The molecule has 0 radical (unpaired) electrons. The quantitative estimate of drug-likeness (QED) is 0.538. The fourth-order valence-electron chi connectivity index (χ4n) is 2.41. The third-order valence-electron chi connectivity index (χ3n) is 3.55. The number of aliphatic hydroxyl groups is 1. The van der Waals surface area contributed by atoms with Crippen LogP contribution in [-0.2, 0) is 0 Å². The maximum absolute atomic E-state index is 11.0. The third-order valence-corrected chi connectivity index (χ3v) is 3.55. The van der Waals surface area contributed by atoms with Crippen molar-refractivity contribution < 1.29 is 10.0 Å². The molecule has 1 aromatic rings. The molecule has 0 fully saturated rings. The number of nitro benzene ring substituents is 1. The van der Waals surface area contributed by atoms with Crippen LogP contribution in [-0.4, -0.2) is 23.2 Å². The normalized spacial score (nSPS) is 13.9. The first kappa shape index (κ1) is 16.6. The molecule has 1 aromatic carbocycles. The lowest BCUT2D eigenvalue weighted by Gasteiger charge is -2.20. The zero-order valence-corrected chi connectivity index (χ0v) is 12.2. The monoisotopic (exact) mass is 280 g/mol. The Morgan fingerprint density at radius 1 is 1.35 bits per heavy atom. The molecule has 0 aliphatic carbocycles. The van der Waals surface area contributed by atoms with Crippen molar-refractivity contribution >= 4 is 5.69 Å². The number of benzene rings is 1. The van der Waals surface area contributed by atoms with Crippen molar-refractivity contribution in [2.75, 3.05) is 13.2 Å². The van der Waals surface area contributed by atoms with Gasteiger partial charge in [-0.05, 0) is 32.2 Å². The highest BCUT2D eigenvalue weighted by Crippen LogP contribution is 2.24. The van der Waals surface area contributed by atoms with Crippen LogP contribution in [0.1, 0.15) is 44.7 Å². The molecule has 5 heteroatoms. The average molecular weight is 280 g/mol. The Morgan fingerprint density at radius 2 is 2.05 bits per heavy atom. The molecule has 20 heavy (non-hydrogen) atoms. The minimum Gasteiger partial charge on any atom is -0.396 e. The molecule has 2 N–H and O–H groups in total. The highest BCUT2D eigenvalue weighted by molar-refractivity contribution is 5.41. The van der Waals surface area contributed by atoms with Crippen LogP contribution in [0.5, 0.6) is 0 Å². The number of nitro groups is 1. The van der Waals surface area contributed by atoms with Gasteiger partial charge in [-0.1, -0.05) is 31.5 Å². The molecule has 0 bridgehead atoms. The third kappa shape index (κ3) is 4.90. The van der Waals surface area contributed by atoms with Crippen molar-refractivity contribution in [3.63, 3.8) is 0 Å². The van der Waals surface area contributed by atoms with Crippen molar-refractivity contribution in [1.29, 1.82) is 0 Å². The van der Waals surface area contributed by atoms with E-state index in [-0.39, 0.29) is 23.3 Å². The van der Waals surface area contributed by atoms with Gasteiger partial charge in [-0.3, -0.25) is 10.1 Å². The predicted octanol–water partition coefficient (Wildman–Crippen LogP) is 3.04. The summed E-state index contributed by atoms with van der Waals surface area (Å²) < 4.78 is 0. The van der Waals surface area contributed by atoms with Gasteiger partial charge in [0, 0.05) is 24.3 Å². The van der Waals surface area contributed by atoms with Crippen LogP contribution >= 0.6 is 0 Å². The standard InChI is InChI=1S/C15H24N2O3/c1-3-6-13(9-10-18)11-16-12(2)14-7-4-5-8-15(14)17(19)20/h4-5,7-8,12-13,16,18H,3,6,9-11H2,1-2H3. The van der Waals surface area contributed by atoms with Crippen LogP contribution in [0.4, 0.5) is 5.69 Å². The first-order valence-electron chi connectivity index (χ1n) is 7.17. The average Bonchev–Trinajstić information content (AvgIpc) is 2.45. The summed E-state index contributed by atoms with van der Waals surface area (Å²) in [5.74, 6) is 0.412. The topological polar surface area (TPSA) is 75.4 Å². The molecule has 5 nitrogen and oxygen atoms in total. The van der Waals surface area contributed by atoms with Crippen molar-refractivity contribution in [3.8, 4) is 0 Å². The van der Waals surface area contributed by atoms with Crippen LogP contribution < -0.4 is 5.32 Å². The van der Waals surface area contributed by atoms with E-state index in [9.17, 15) is 10.1 Å². The summed E-state index contributed by atoms with van der Waals surface area (Å²) in [6.45, 7) is 5.01. The molecule has 0 aromatic heterocycles. The van der Waals surface area contributed by atoms with Gasteiger partial charge in [0.25, 0.3) is 5.69 Å². The summed E-state index contributed by atoms with van der Waals surface area (Å²) in [6.07, 6.45) is 2.90. The number of aliphatic hydroxyl groups excluding tert-OH is 1. The number of nitrogens with zero attached hydrogens (tertiary/aromatic N) is 1. The zero-order chi connectivity index (χ0) is 15.0. The van der Waals surface area contributed by atoms with E-state index in [0.717, 1.165) is 25.8 Å². The molecule has 0 heterocycles. The van der Waals surface area contributed by atoms with E-state index >= 15 is 0 Å². The lowest BCUT2D eigenvalue weighted by atomic mass is 9.99. The Bertz CT molecular complexity index is 417. The van der Waals surface area contributed by atoms with E-state index in [1.54, 1.807) is 12.1 Å². The van der Waals surface area contributed by atoms with Crippen LogP contribution in [0.2, 0.25) is 0 Å². The van der Waals surface area contributed by atoms with Gasteiger partial charge >= 0.3 is 0 Å². The number of nitrogens with one attached hydrogen (secondary N) is 1. The van der Waals surface area contributed by atoms with Crippen LogP contribution in [0.15, 0.2) is 24.3 Å². The number of para-hydroxylation sites is 1. The summed E-state index contributed by atoms with van der Waals surface area (Å²) in [5.41, 5.74) is 0.860. The van der Waals surface area contributed by atoms with Gasteiger partial charge in [-0.15, -0.1) is 0 Å². The Labute approximate surface area is 120 Å². The van der Waals surface area contributed by atoms with Crippen molar-refractivity contribution in [2.45, 2.75) is 39.2 Å². The minimum atomic E-state index is -0.342. The highest BCUT2D eigenvalue weighted by Gasteiger charge is 2.18. The van der Waals surface area contributed by atoms with Crippen molar-refractivity contribution in [1.82, 2.24) is 5.32 Å². The first-order chi connectivity index (χ1) is 9.60. The van der Waals surface area contributed by atoms with E-state index in [1.165, 1.54) is 6.07 Å². The molecular formula is C15H24N2O3. The molecule has 1 rings (SSSR count). The molecule has 0 saturated carbocycles. The van der Waals surface area contributed by atoms with E-state index in [0.29, 0.717) is 11.5 Å². The molecule has 0 aliphatic heterocycles. The van der Waals surface area contributed by atoms with Gasteiger partial charge in [-0.2, -0.15) is 0 Å². The smallest absolute Gasteiger partial charge is 0.274 e. The van der Waals surface area contributed by atoms with Gasteiger partial charge in [0.2, 0.25) is 0 Å². The second-order valence-electron chi connectivity index (χ2n) is 5.11. The van der Waals surface area contributed by atoms with Crippen LogP contribution in [0.25, 0.3) is 0 Å². The molecule has 0 saturated heterocycles. The Hall–Kier alpha value is -1.46. The summed E-state index contributed by atoms with van der Waals surface area (Å²) in [7, 11) is 0. The molecule has 0 spiro atoms. The molecule has 2 atom stereocenters. The molecule has 2 unspecified atom stereocenters. The molecular weight excluding hydrogens is 256 g/mol. The highest BCUT2D eigenvalue weighted by atomic mass is 16.6. The second-order valence-corrected chi connectivity index (χ2v) is 5.11. The van der Waals surface area contributed by atoms with E-state index in [1.807, 2.05) is 13.0 Å². The molecule has 0 amide bonds. The van der Waals surface area contributed by atoms with E-state index in [4.69, 9.17) is 5.11 Å². The van der Waals surface area contributed by atoms with E-state index < -0.39 is 0 Å². The Balaban J connectivity index is 2.66. The maximum Gasteiger partial charge on any atom is 0.274 e. The number of rotatable bonds is 9. The van der Waals surface area contributed by atoms with Gasteiger partial charge in [0.1, 0.15) is 0 Å². The number of hydrogen-bond acceptors (Lipinski definition) is 4. The van der Waals surface area contributed by atoms with Crippen LogP contribution in [0, 0.1) is 16.0 Å². The summed E-state index contributed by atoms with van der Waals surface area (Å²) in [6, 6.07) is 6.74. The summed E-state index contributed by atoms with van der Waals surface area (Å²) in [5, 5.41) is 23.4. The molecule has 0 aliphatic rings. The lowest BCUT2D eigenvalue weighted by Crippen LogP contribution is -2.26. The lowest BCUT2D eigenvalue weighted by molar-refractivity contribution is -0.385. The molecule has 112 valence electrons. The fourth-order valence-corrected chi connectivity index (χ4v) is 2.41. The van der Waals surface area contributed by atoms with Crippen molar-refractivity contribution in [2.24, 2.45) is 5.92 Å². The van der Waals surface area contributed by atoms with Gasteiger partial charge < -0.3 is 10.4 Å². The van der Waals surface area contributed by atoms with Crippen molar-refractivity contribution in [3.05, 3.63) is 39.9 Å². The summed E-state index contributed by atoms with van der Waals surface area (Å²) in [4.78, 5) is 10.7. The zero-order valence-electron chi connectivity index (χ0n) is 12.2. The summed E-state index contributed by atoms with van der Waals surface area (Å²) >= 11 is 0. The maximum atomic E-state index is 11.0. The fraction of sp³-hybridized carbons (Fsp3) is 0.600. The SMILES string of the molecule is CCCC(CCO)CNC(C)c1ccccc1[N+](=O)[O-]. The van der Waals surface area contributed by atoms with Crippen LogP contribution in [0.3, 0.4) is 0 Å². The van der Waals surface area contributed by atoms with E-state index in [2.05, 4.69) is 12.2 Å². The largest absolute Gasteiger partial charge is 0.396 e.